The Morgan fingerprint density at radius 1 is 1.53 bits per heavy atom. The van der Waals surface area contributed by atoms with Crippen LogP contribution in [-0.4, -0.2) is 33.2 Å². The second-order valence-corrected chi connectivity index (χ2v) is 6.15. The minimum atomic E-state index is -1.39. The molecule has 1 N–H and O–H groups in total. The standard InChI is InChI=1S/C12H12ClFO4S/c13-9-5-8(2-3-10(9)14)19(17)6-7-1-4-11(18-7)12(15)16/h2-3,5,7,11H,1,4,6H2,(H,15,16). The SMILES string of the molecule is O=C(O)C1CCC(CS(=O)c2ccc(F)c(Cl)c2)O1. The predicted octanol–water partition coefficient (Wildman–Crippen LogP) is 2.22. The maximum Gasteiger partial charge on any atom is 0.332 e. The number of hydrogen-bond acceptors (Lipinski definition) is 3. The molecule has 0 aromatic heterocycles. The highest BCUT2D eigenvalue weighted by molar-refractivity contribution is 7.85. The van der Waals surface area contributed by atoms with Gasteiger partial charge < -0.3 is 9.84 Å². The summed E-state index contributed by atoms with van der Waals surface area (Å²) in [5.41, 5.74) is 0. The summed E-state index contributed by atoms with van der Waals surface area (Å²) in [6.45, 7) is 0. The summed E-state index contributed by atoms with van der Waals surface area (Å²) in [6, 6.07) is 3.88. The third kappa shape index (κ3) is 3.52. The van der Waals surface area contributed by atoms with Crippen molar-refractivity contribution in [1.82, 2.24) is 0 Å². The zero-order valence-corrected chi connectivity index (χ0v) is 11.4. The fourth-order valence-corrected chi connectivity index (χ4v) is 3.38. The largest absolute Gasteiger partial charge is 0.479 e. The van der Waals surface area contributed by atoms with Crippen molar-refractivity contribution in [3.8, 4) is 0 Å². The Hall–Kier alpha value is -0.980. The maximum absolute atomic E-state index is 13.0. The monoisotopic (exact) mass is 306 g/mol. The molecule has 0 saturated carbocycles. The molecule has 0 aliphatic carbocycles. The summed E-state index contributed by atoms with van der Waals surface area (Å²) in [4.78, 5) is 11.1. The highest BCUT2D eigenvalue weighted by atomic mass is 35.5. The van der Waals surface area contributed by atoms with Crippen LogP contribution < -0.4 is 0 Å². The molecule has 1 aliphatic heterocycles. The van der Waals surface area contributed by atoms with Crippen molar-refractivity contribution in [1.29, 1.82) is 0 Å². The molecule has 104 valence electrons. The molecule has 0 amide bonds. The van der Waals surface area contributed by atoms with E-state index >= 15 is 0 Å². The van der Waals surface area contributed by atoms with E-state index in [0.29, 0.717) is 17.7 Å². The Morgan fingerprint density at radius 2 is 2.26 bits per heavy atom. The number of aliphatic carboxylic acids is 1. The lowest BCUT2D eigenvalue weighted by molar-refractivity contribution is -0.148. The lowest BCUT2D eigenvalue weighted by Gasteiger charge is -2.11. The number of rotatable bonds is 4. The molecule has 0 spiro atoms. The van der Waals surface area contributed by atoms with Gasteiger partial charge in [0.05, 0.1) is 27.7 Å². The van der Waals surface area contributed by atoms with Gasteiger partial charge in [0.1, 0.15) is 5.82 Å². The predicted molar refractivity (Wildman–Crippen MR) is 68.2 cm³/mol. The van der Waals surface area contributed by atoms with Crippen molar-refractivity contribution >= 4 is 28.4 Å². The van der Waals surface area contributed by atoms with Crippen LogP contribution in [0.25, 0.3) is 0 Å². The van der Waals surface area contributed by atoms with Crippen molar-refractivity contribution in [3.63, 3.8) is 0 Å². The van der Waals surface area contributed by atoms with Gasteiger partial charge in [0.15, 0.2) is 6.10 Å². The smallest absolute Gasteiger partial charge is 0.332 e. The minimum absolute atomic E-state index is 0.0818. The molecule has 4 nitrogen and oxygen atoms in total. The first kappa shape index (κ1) is 14.4. The average Bonchev–Trinajstić information content (AvgIpc) is 2.81. The second kappa shape index (κ2) is 5.98. The fourth-order valence-electron chi connectivity index (χ4n) is 1.89. The topological polar surface area (TPSA) is 63.6 Å². The normalized spacial score (nSPS) is 24.3. The van der Waals surface area contributed by atoms with Crippen LogP contribution in [-0.2, 0) is 20.3 Å². The van der Waals surface area contributed by atoms with Crippen LogP contribution in [0.3, 0.4) is 0 Å². The fraction of sp³-hybridized carbons (Fsp3) is 0.417. The molecule has 19 heavy (non-hydrogen) atoms. The van der Waals surface area contributed by atoms with E-state index in [4.69, 9.17) is 21.4 Å². The van der Waals surface area contributed by atoms with Crippen molar-refractivity contribution < 1.29 is 23.2 Å². The number of benzene rings is 1. The van der Waals surface area contributed by atoms with Crippen LogP contribution in [0.2, 0.25) is 5.02 Å². The van der Waals surface area contributed by atoms with Crippen LogP contribution in [0.1, 0.15) is 12.8 Å². The van der Waals surface area contributed by atoms with Crippen LogP contribution in [0.5, 0.6) is 0 Å². The van der Waals surface area contributed by atoms with E-state index in [1.54, 1.807) is 0 Å². The molecule has 1 heterocycles. The first-order valence-electron chi connectivity index (χ1n) is 5.69. The molecule has 1 saturated heterocycles. The van der Waals surface area contributed by atoms with Crippen molar-refractivity contribution in [2.45, 2.75) is 29.9 Å². The summed E-state index contributed by atoms with van der Waals surface area (Å²) in [6.07, 6.45) is -0.205. The highest BCUT2D eigenvalue weighted by Crippen LogP contribution is 2.24. The molecule has 1 aromatic rings. The summed E-state index contributed by atoms with van der Waals surface area (Å²) in [7, 11) is -1.39. The summed E-state index contributed by atoms with van der Waals surface area (Å²) < 4.78 is 30.3. The number of ether oxygens (including phenoxy) is 1. The Morgan fingerprint density at radius 3 is 2.84 bits per heavy atom. The summed E-state index contributed by atoms with van der Waals surface area (Å²) >= 11 is 5.62. The van der Waals surface area contributed by atoms with Gasteiger partial charge in [-0.1, -0.05) is 11.6 Å². The van der Waals surface area contributed by atoms with E-state index in [9.17, 15) is 13.4 Å². The van der Waals surface area contributed by atoms with E-state index in [0.717, 1.165) is 6.07 Å². The zero-order valence-electron chi connectivity index (χ0n) is 9.84. The Kier molecular flexibility index (Phi) is 4.54. The first-order valence-corrected chi connectivity index (χ1v) is 7.38. The molecular formula is C12H12ClFO4S. The summed E-state index contributed by atoms with van der Waals surface area (Å²) in [5, 5.41) is 8.71. The van der Waals surface area contributed by atoms with Gasteiger partial charge in [0.2, 0.25) is 0 Å². The van der Waals surface area contributed by atoms with Gasteiger partial charge >= 0.3 is 5.97 Å². The van der Waals surface area contributed by atoms with Crippen LogP contribution in [0.4, 0.5) is 4.39 Å². The van der Waals surface area contributed by atoms with E-state index in [1.165, 1.54) is 12.1 Å². The molecule has 7 heteroatoms. The van der Waals surface area contributed by atoms with Gasteiger partial charge in [0, 0.05) is 4.90 Å². The van der Waals surface area contributed by atoms with Gasteiger partial charge in [0.25, 0.3) is 0 Å². The average molecular weight is 307 g/mol. The van der Waals surface area contributed by atoms with Crippen molar-refractivity contribution in [2.24, 2.45) is 0 Å². The molecule has 1 fully saturated rings. The van der Waals surface area contributed by atoms with E-state index < -0.39 is 28.7 Å². The lowest BCUT2D eigenvalue weighted by atomic mass is 10.2. The number of carboxylic acid groups (broad SMARTS) is 1. The van der Waals surface area contributed by atoms with Gasteiger partial charge in [-0.2, -0.15) is 0 Å². The molecule has 1 aliphatic rings. The third-order valence-electron chi connectivity index (χ3n) is 2.87. The van der Waals surface area contributed by atoms with Gasteiger partial charge in [-0.15, -0.1) is 0 Å². The van der Waals surface area contributed by atoms with Crippen molar-refractivity contribution in [2.75, 3.05) is 5.75 Å². The zero-order chi connectivity index (χ0) is 14.0. The van der Waals surface area contributed by atoms with E-state index in [2.05, 4.69) is 0 Å². The van der Waals surface area contributed by atoms with Gasteiger partial charge in [-0.3, -0.25) is 4.21 Å². The number of hydrogen-bond donors (Lipinski definition) is 1. The van der Waals surface area contributed by atoms with Crippen LogP contribution in [0.15, 0.2) is 23.1 Å². The summed E-state index contributed by atoms with van der Waals surface area (Å²) in [5.74, 6) is -1.38. The van der Waals surface area contributed by atoms with E-state index in [-0.39, 0.29) is 16.9 Å². The molecule has 0 bridgehead atoms. The third-order valence-corrected chi connectivity index (χ3v) is 4.62. The molecular weight excluding hydrogens is 295 g/mol. The molecule has 2 rings (SSSR count). The molecule has 3 atom stereocenters. The molecule has 3 unspecified atom stereocenters. The number of carbonyl (C=O) groups is 1. The van der Waals surface area contributed by atoms with Crippen LogP contribution in [0, 0.1) is 5.82 Å². The number of carboxylic acids is 1. The quantitative estimate of drug-likeness (QED) is 0.926. The second-order valence-electron chi connectivity index (χ2n) is 4.25. The first-order chi connectivity index (χ1) is 8.97. The lowest BCUT2D eigenvalue weighted by Crippen LogP contribution is -2.23. The Labute approximate surface area is 117 Å². The van der Waals surface area contributed by atoms with Crippen LogP contribution >= 0.6 is 11.6 Å². The maximum atomic E-state index is 13.0. The highest BCUT2D eigenvalue weighted by Gasteiger charge is 2.31. The molecule has 0 radical (unpaired) electrons. The Bertz CT molecular complexity index is 522. The number of halogens is 2. The Balaban J connectivity index is 1.98. The van der Waals surface area contributed by atoms with Gasteiger partial charge in [-0.25, -0.2) is 9.18 Å². The van der Waals surface area contributed by atoms with Gasteiger partial charge in [-0.05, 0) is 31.0 Å². The molecule has 1 aromatic carbocycles. The van der Waals surface area contributed by atoms with Crippen molar-refractivity contribution in [3.05, 3.63) is 29.0 Å². The van der Waals surface area contributed by atoms with E-state index in [1.807, 2.05) is 0 Å². The minimum Gasteiger partial charge on any atom is -0.479 e.